The molecular formula is C12H15P. The monoisotopic (exact) mass is 190 g/mol. The van der Waals surface area contributed by atoms with E-state index < -0.39 is 0 Å². The van der Waals surface area contributed by atoms with E-state index in [1.54, 1.807) is 0 Å². The van der Waals surface area contributed by atoms with E-state index in [4.69, 9.17) is 0 Å². The first-order valence-electron chi connectivity index (χ1n) is 4.47. The van der Waals surface area contributed by atoms with Crippen LogP contribution < -0.4 is 5.30 Å². The van der Waals surface area contributed by atoms with E-state index in [1.165, 1.54) is 5.30 Å². The Morgan fingerprint density at radius 1 is 0.923 bits per heavy atom. The fourth-order valence-electron chi connectivity index (χ4n) is 1.14. The maximum atomic E-state index is 2.27. The molecule has 0 N–H and O–H groups in total. The van der Waals surface area contributed by atoms with Crippen molar-refractivity contribution >= 4 is 13.2 Å². The molecule has 0 aliphatic heterocycles. The van der Waals surface area contributed by atoms with E-state index in [1.807, 2.05) is 0 Å². The van der Waals surface area contributed by atoms with E-state index in [2.05, 4.69) is 68.0 Å². The number of rotatable bonds is 3. The first-order valence-corrected chi connectivity index (χ1v) is 5.95. The van der Waals surface area contributed by atoms with Crippen molar-refractivity contribution in [1.29, 1.82) is 0 Å². The van der Waals surface area contributed by atoms with Crippen molar-refractivity contribution in [2.24, 2.45) is 0 Å². The molecule has 0 heterocycles. The molecule has 0 radical (unpaired) electrons. The van der Waals surface area contributed by atoms with Crippen molar-refractivity contribution in [2.75, 3.05) is 0 Å². The van der Waals surface area contributed by atoms with Gasteiger partial charge in [0.25, 0.3) is 0 Å². The molecule has 0 saturated carbocycles. The minimum atomic E-state index is -0.217. The van der Waals surface area contributed by atoms with Gasteiger partial charge in [0.1, 0.15) is 0 Å². The summed E-state index contributed by atoms with van der Waals surface area (Å²) in [6.45, 7) is 4.14. The Hall–Kier alpha value is -0.870. The largest absolute Gasteiger partial charge is 0.0866 e. The Balaban J connectivity index is 2.88. The highest BCUT2D eigenvalue weighted by atomic mass is 31.1. The number of hydrogen-bond donors (Lipinski definition) is 0. The van der Waals surface area contributed by atoms with Crippen molar-refractivity contribution in [3.8, 4) is 0 Å². The molecule has 0 fully saturated rings. The van der Waals surface area contributed by atoms with Gasteiger partial charge >= 0.3 is 0 Å². The van der Waals surface area contributed by atoms with Gasteiger partial charge < -0.3 is 0 Å². The quantitative estimate of drug-likeness (QED) is 0.635. The Labute approximate surface area is 81.7 Å². The van der Waals surface area contributed by atoms with Crippen LogP contribution >= 0.6 is 7.92 Å². The maximum Gasteiger partial charge on any atom is -0.0162 e. The van der Waals surface area contributed by atoms with Crippen LogP contribution in [0.4, 0.5) is 0 Å². The molecule has 0 saturated heterocycles. The van der Waals surface area contributed by atoms with Crippen LogP contribution in [0.25, 0.3) is 0 Å². The number of hydrogen-bond acceptors (Lipinski definition) is 0. The highest BCUT2D eigenvalue weighted by molar-refractivity contribution is 7.71. The Bertz CT molecular complexity index is 273. The van der Waals surface area contributed by atoms with Crippen LogP contribution in [0.5, 0.6) is 0 Å². The minimum Gasteiger partial charge on any atom is -0.0866 e. The van der Waals surface area contributed by atoms with Crippen LogP contribution in [0.1, 0.15) is 13.8 Å². The van der Waals surface area contributed by atoms with Gasteiger partial charge in [0, 0.05) is 0 Å². The summed E-state index contributed by atoms with van der Waals surface area (Å²) in [4.78, 5) is 0. The predicted octanol–water partition coefficient (Wildman–Crippen LogP) is 3.86. The van der Waals surface area contributed by atoms with E-state index >= 15 is 0 Å². The molecule has 0 aromatic heterocycles. The van der Waals surface area contributed by atoms with E-state index in [-0.39, 0.29) is 7.92 Å². The zero-order valence-electron chi connectivity index (χ0n) is 8.14. The van der Waals surface area contributed by atoms with Crippen molar-refractivity contribution in [2.45, 2.75) is 13.8 Å². The SMILES string of the molecule is C/C=C\P(/C=C/C)c1ccccc1. The third kappa shape index (κ3) is 3.16. The van der Waals surface area contributed by atoms with Gasteiger partial charge in [0.15, 0.2) is 0 Å². The van der Waals surface area contributed by atoms with E-state index in [9.17, 15) is 0 Å². The molecule has 0 nitrogen and oxygen atoms in total. The van der Waals surface area contributed by atoms with Crippen LogP contribution in [0, 0.1) is 0 Å². The highest BCUT2D eigenvalue weighted by Crippen LogP contribution is 2.37. The Kier molecular flexibility index (Phi) is 4.49. The summed E-state index contributed by atoms with van der Waals surface area (Å²) >= 11 is 0. The molecule has 0 amide bonds. The Morgan fingerprint density at radius 2 is 1.46 bits per heavy atom. The maximum absolute atomic E-state index is 2.27. The lowest BCUT2D eigenvalue weighted by Crippen LogP contribution is -1.94. The molecule has 0 bridgehead atoms. The molecule has 0 spiro atoms. The lowest BCUT2D eigenvalue weighted by Gasteiger charge is -2.07. The van der Waals surface area contributed by atoms with E-state index in [0.29, 0.717) is 0 Å². The molecule has 1 aromatic rings. The first kappa shape index (κ1) is 10.2. The summed E-state index contributed by atoms with van der Waals surface area (Å²) in [6, 6.07) is 10.6. The van der Waals surface area contributed by atoms with Gasteiger partial charge in [-0.05, 0) is 27.1 Å². The first-order chi connectivity index (χ1) is 6.38. The molecule has 0 aliphatic carbocycles. The van der Waals surface area contributed by atoms with Gasteiger partial charge in [0.05, 0.1) is 0 Å². The van der Waals surface area contributed by atoms with Crippen LogP contribution in [0.2, 0.25) is 0 Å². The van der Waals surface area contributed by atoms with Gasteiger partial charge in [-0.15, -0.1) is 0 Å². The molecule has 68 valence electrons. The highest BCUT2D eigenvalue weighted by Gasteiger charge is 2.00. The number of allylic oxidation sites excluding steroid dienone is 2. The van der Waals surface area contributed by atoms with E-state index in [0.717, 1.165) is 0 Å². The molecule has 1 aromatic carbocycles. The fourth-order valence-corrected chi connectivity index (χ4v) is 2.75. The average Bonchev–Trinajstić information content (AvgIpc) is 2.19. The smallest absolute Gasteiger partial charge is 0.0162 e. The molecule has 1 atom stereocenters. The van der Waals surface area contributed by atoms with Crippen LogP contribution in [0.15, 0.2) is 54.1 Å². The number of benzene rings is 1. The minimum absolute atomic E-state index is 0.217. The van der Waals surface area contributed by atoms with Gasteiger partial charge in [-0.25, -0.2) is 0 Å². The van der Waals surface area contributed by atoms with Gasteiger partial charge in [-0.1, -0.05) is 54.1 Å². The molecule has 1 heteroatoms. The van der Waals surface area contributed by atoms with Crippen molar-refractivity contribution < 1.29 is 0 Å². The molecule has 1 unspecified atom stereocenters. The third-order valence-electron chi connectivity index (χ3n) is 1.67. The topological polar surface area (TPSA) is 0 Å². The third-order valence-corrected chi connectivity index (χ3v) is 3.81. The summed E-state index contributed by atoms with van der Waals surface area (Å²) in [5, 5.41) is 1.41. The van der Waals surface area contributed by atoms with Crippen molar-refractivity contribution in [1.82, 2.24) is 0 Å². The summed E-state index contributed by atoms with van der Waals surface area (Å²) < 4.78 is 0. The predicted molar refractivity (Wildman–Crippen MR) is 62.6 cm³/mol. The molecule has 1 rings (SSSR count). The second-order valence-corrected chi connectivity index (χ2v) is 4.63. The lowest BCUT2D eigenvalue weighted by atomic mass is 10.4. The van der Waals surface area contributed by atoms with Crippen LogP contribution in [-0.4, -0.2) is 0 Å². The second kappa shape index (κ2) is 5.72. The summed E-state index contributed by atoms with van der Waals surface area (Å²) in [7, 11) is -0.217. The molecule has 0 aliphatic rings. The standard InChI is InChI=1S/C12H15P/c1-3-10-13(11-4-2)12-8-6-5-7-9-12/h3-11H,1-2H3/b10-3-,11-4+. The summed E-state index contributed by atoms with van der Waals surface area (Å²) in [5.41, 5.74) is 0. The van der Waals surface area contributed by atoms with Crippen molar-refractivity contribution in [3.05, 3.63) is 54.1 Å². The normalized spacial score (nSPS) is 14.0. The van der Waals surface area contributed by atoms with Crippen LogP contribution in [0.3, 0.4) is 0 Å². The molecule has 13 heavy (non-hydrogen) atoms. The summed E-state index contributed by atoms with van der Waals surface area (Å²) in [5.74, 6) is 4.54. The van der Waals surface area contributed by atoms with Gasteiger partial charge in [-0.3, -0.25) is 0 Å². The van der Waals surface area contributed by atoms with Crippen LogP contribution in [-0.2, 0) is 0 Å². The van der Waals surface area contributed by atoms with Gasteiger partial charge in [-0.2, -0.15) is 0 Å². The van der Waals surface area contributed by atoms with Crippen molar-refractivity contribution in [3.63, 3.8) is 0 Å². The Morgan fingerprint density at radius 3 is 1.92 bits per heavy atom. The zero-order chi connectivity index (χ0) is 9.52. The molecular weight excluding hydrogens is 175 g/mol. The van der Waals surface area contributed by atoms with Gasteiger partial charge in [0.2, 0.25) is 0 Å². The second-order valence-electron chi connectivity index (χ2n) is 2.71. The lowest BCUT2D eigenvalue weighted by molar-refractivity contribution is 1.75. The fraction of sp³-hybridized carbons (Fsp3) is 0.167. The zero-order valence-corrected chi connectivity index (χ0v) is 9.04. The summed E-state index contributed by atoms with van der Waals surface area (Å²) in [6.07, 6.45) is 4.25. The average molecular weight is 190 g/mol.